The minimum Gasteiger partial charge on any atom is -0.457 e. The van der Waals surface area contributed by atoms with Crippen molar-refractivity contribution in [2.75, 3.05) is 27.7 Å². The molecule has 0 radical (unpaired) electrons. The summed E-state index contributed by atoms with van der Waals surface area (Å²) in [6, 6.07) is 0. The molecule has 11 heavy (non-hydrogen) atoms. The third-order valence-corrected chi connectivity index (χ3v) is 1.12. The minimum absolute atomic E-state index is 0.108. The molecule has 0 bridgehead atoms. The Morgan fingerprint density at radius 2 is 2.27 bits per heavy atom. The number of hydrogen-bond donors (Lipinski definition) is 0. The monoisotopic (exact) mass is 161 g/mol. The highest BCUT2D eigenvalue weighted by molar-refractivity contribution is 5.66. The van der Waals surface area contributed by atoms with Crippen LogP contribution in [0.1, 0.15) is 15.2 Å². The fourth-order valence-electron chi connectivity index (χ4n) is 1.02. The van der Waals surface area contributed by atoms with Crippen LogP contribution in [0, 0.1) is 0 Å². The minimum atomic E-state index is -0.257. The second-order valence-corrected chi connectivity index (χ2v) is 3.54. The number of hydrogen-bond acceptors (Lipinski definition) is 2. The zero-order chi connectivity index (χ0) is 9.78. The molecule has 1 atom stereocenters. The molecule has 0 saturated carbocycles. The van der Waals surface area contributed by atoms with Crippen LogP contribution in [0.3, 0.4) is 0 Å². The van der Waals surface area contributed by atoms with Gasteiger partial charge in [-0.2, -0.15) is 0 Å². The third-order valence-electron chi connectivity index (χ3n) is 1.12. The Morgan fingerprint density at radius 3 is 2.64 bits per heavy atom. The number of carbonyl (C=O) groups is 1. The highest BCUT2D eigenvalue weighted by Crippen LogP contribution is 1.98. The lowest BCUT2D eigenvalue weighted by atomic mass is 10.3. The number of rotatable bonds is 3. The molecule has 66 valence electrons. The van der Waals surface area contributed by atoms with Crippen molar-refractivity contribution in [3.8, 4) is 0 Å². The van der Waals surface area contributed by atoms with Gasteiger partial charge in [0.05, 0.1) is 22.5 Å². The highest BCUT2D eigenvalue weighted by atomic mass is 16.5. The molecule has 1 unspecified atom stereocenters. The molecular weight excluding hydrogens is 142 g/mol. The molecule has 0 aliphatic rings. The fourth-order valence-corrected chi connectivity index (χ4v) is 1.02. The average Bonchev–Trinajstić information content (AvgIpc) is 1.84. The second-order valence-electron chi connectivity index (χ2n) is 3.54. The number of ether oxygens (including phenoxy) is 1. The molecule has 0 aromatic heterocycles. The smallest absolute Gasteiger partial charge is 0.303 e. The number of nitrogens with zero attached hydrogens (tertiary/aromatic N) is 1. The van der Waals surface area contributed by atoms with Crippen molar-refractivity contribution in [3.63, 3.8) is 0 Å². The molecule has 0 aromatic carbocycles. The van der Waals surface area contributed by atoms with Crippen LogP contribution in [-0.4, -0.2) is 44.2 Å². The van der Waals surface area contributed by atoms with Gasteiger partial charge >= 0.3 is 5.97 Å². The van der Waals surface area contributed by atoms with Gasteiger partial charge in [-0.3, -0.25) is 4.79 Å². The molecule has 0 fully saturated rings. The van der Waals surface area contributed by atoms with E-state index in [1.807, 2.05) is 21.0 Å². The summed E-state index contributed by atoms with van der Waals surface area (Å²) in [6.07, 6.45) is -0.108. The lowest BCUT2D eigenvalue weighted by Gasteiger charge is -2.26. The summed E-state index contributed by atoms with van der Waals surface area (Å²) in [5.74, 6) is -0.257. The summed E-state index contributed by atoms with van der Waals surface area (Å²) in [6.45, 7) is 3.93. The summed E-state index contributed by atoms with van der Waals surface area (Å²) in [7, 11) is 4.17. The molecule has 0 aliphatic carbocycles. The molecule has 0 saturated heterocycles. The van der Waals surface area contributed by atoms with Crippen LogP contribution in [-0.2, 0) is 9.53 Å². The van der Waals surface area contributed by atoms with Crippen molar-refractivity contribution in [2.45, 2.75) is 20.0 Å². The predicted molar refractivity (Wildman–Crippen MR) is 44.1 cm³/mol. The maximum absolute atomic E-state index is 10.6. The van der Waals surface area contributed by atoms with Gasteiger partial charge in [0.15, 0.2) is 0 Å². The largest absolute Gasteiger partial charge is 0.457 e. The van der Waals surface area contributed by atoms with Crippen LogP contribution >= 0.6 is 0 Å². The Bertz CT molecular complexity index is 159. The van der Waals surface area contributed by atoms with E-state index < -0.39 is 0 Å². The summed E-state index contributed by atoms with van der Waals surface area (Å²) >= 11 is 0. The standard InChI is InChI=1S/C8H18NO2/c1-7(11-8(2)10)6-9(3,4)5/h7H,6H2,1-5H3/q+1/i3D. The number of carbonyl (C=O) groups excluding carboxylic acids is 1. The first-order valence-corrected chi connectivity index (χ1v) is 3.66. The van der Waals surface area contributed by atoms with E-state index in [2.05, 4.69) is 0 Å². The van der Waals surface area contributed by atoms with Gasteiger partial charge in [-0.1, -0.05) is 0 Å². The van der Waals surface area contributed by atoms with E-state index in [4.69, 9.17) is 6.11 Å². The van der Waals surface area contributed by atoms with Gasteiger partial charge < -0.3 is 9.22 Å². The van der Waals surface area contributed by atoms with Crippen LogP contribution in [0.25, 0.3) is 0 Å². The van der Waals surface area contributed by atoms with Crippen LogP contribution in [0.15, 0.2) is 0 Å². The Labute approximate surface area is 69.9 Å². The van der Waals surface area contributed by atoms with Crippen molar-refractivity contribution in [1.29, 1.82) is 0 Å². The van der Waals surface area contributed by atoms with E-state index in [0.29, 0.717) is 18.1 Å². The van der Waals surface area contributed by atoms with E-state index >= 15 is 0 Å². The van der Waals surface area contributed by atoms with Gasteiger partial charge in [-0.15, -0.1) is 0 Å². The van der Waals surface area contributed by atoms with Crippen LogP contribution in [0.4, 0.5) is 0 Å². The van der Waals surface area contributed by atoms with E-state index in [-0.39, 0.29) is 12.1 Å². The fraction of sp³-hybridized carbons (Fsp3) is 0.875. The molecule has 0 amide bonds. The highest BCUT2D eigenvalue weighted by Gasteiger charge is 2.15. The van der Waals surface area contributed by atoms with Crippen LogP contribution in [0.2, 0.25) is 0 Å². The SMILES string of the molecule is [2H]C[N+](C)(C)CC(C)OC(C)=O. The molecular formula is C8H18NO2+. The Morgan fingerprint density at radius 1 is 1.73 bits per heavy atom. The van der Waals surface area contributed by atoms with Gasteiger partial charge in [0.2, 0.25) is 0 Å². The molecule has 0 aliphatic heterocycles. The van der Waals surface area contributed by atoms with Crippen LogP contribution < -0.4 is 0 Å². The van der Waals surface area contributed by atoms with Gasteiger partial charge in [-0.05, 0) is 6.92 Å². The van der Waals surface area contributed by atoms with E-state index in [1.54, 1.807) is 0 Å². The lowest BCUT2D eigenvalue weighted by Crippen LogP contribution is -2.41. The normalized spacial score (nSPS) is 15.5. The zero-order valence-electron chi connectivity index (χ0n) is 8.76. The van der Waals surface area contributed by atoms with Crippen molar-refractivity contribution in [1.82, 2.24) is 0 Å². The van der Waals surface area contributed by atoms with Gasteiger partial charge in [0.25, 0.3) is 0 Å². The molecule has 0 heterocycles. The van der Waals surface area contributed by atoms with Gasteiger partial charge in [-0.25, -0.2) is 0 Å². The first-order valence-electron chi connectivity index (χ1n) is 4.36. The van der Waals surface area contributed by atoms with Crippen molar-refractivity contribution >= 4 is 5.97 Å². The van der Waals surface area contributed by atoms with Crippen molar-refractivity contribution in [2.24, 2.45) is 0 Å². The van der Waals surface area contributed by atoms with E-state index in [9.17, 15) is 4.79 Å². The quantitative estimate of drug-likeness (QED) is 0.448. The molecule has 0 rings (SSSR count). The number of esters is 1. The third kappa shape index (κ3) is 7.33. The predicted octanol–water partition coefficient (Wildman–Crippen LogP) is 0.644. The Balaban J connectivity index is 3.83. The first-order chi connectivity index (χ1) is 5.37. The molecule has 3 nitrogen and oxygen atoms in total. The molecule has 0 aromatic rings. The summed E-state index contributed by atoms with van der Waals surface area (Å²) in [5.41, 5.74) is 0. The van der Waals surface area contributed by atoms with Crippen molar-refractivity contribution < 1.29 is 15.4 Å². The van der Waals surface area contributed by atoms with E-state index in [0.717, 1.165) is 0 Å². The Hall–Kier alpha value is -0.570. The lowest BCUT2D eigenvalue weighted by molar-refractivity contribution is -0.873. The summed E-state index contributed by atoms with van der Waals surface area (Å²) in [4.78, 5) is 10.6. The van der Waals surface area contributed by atoms with Gasteiger partial charge in [0.1, 0.15) is 12.6 Å². The summed E-state index contributed by atoms with van der Waals surface area (Å²) < 4.78 is 12.7. The topological polar surface area (TPSA) is 26.3 Å². The first kappa shape index (κ1) is 8.53. The Kier molecular flexibility index (Phi) is 2.88. The van der Waals surface area contributed by atoms with Crippen molar-refractivity contribution in [3.05, 3.63) is 0 Å². The average molecular weight is 161 g/mol. The van der Waals surface area contributed by atoms with E-state index in [1.165, 1.54) is 6.92 Å². The molecule has 0 spiro atoms. The van der Waals surface area contributed by atoms with Gasteiger partial charge in [0, 0.05) is 6.92 Å². The molecule has 3 heteroatoms. The number of likely N-dealkylation sites (N-methyl/N-ethyl adjacent to an activating group) is 1. The number of quaternary nitrogens is 1. The maximum atomic E-state index is 10.6. The maximum Gasteiger partial charge on any atom is 0.303 e. The summed E-state index contributed by atoms with van der Waals surface area (Å²) in [5, 5.41) is 0. The second kappa shape index (κ2) is 3.72. The van der Waals surface area contributed by atoms with Crippen LogP contribution in [0.5, 0.6) is 0 Å². The zero-order valence-corrected chi connectivity index (χ0v) is 7.76. The molecule has 0 N–H and O–H groups in total.